The molecule has 76 valence electrons. The molecule has 0 amide bonds. The van der Waals surface area contributed by atoms with Crippen molar-refractivity contribution in [2.24, 2.45) is 0 Å². The topological polar surface area (TPSA) is 37.3 Å². The van der Waals surface area contributed by atoms with Gasteiger partial charge in [0.25, 0.3) is 0 Å². The Morgan fingerprint density at radius 2 is 1.79 bits per heavy atom. The van der Waals surface area contributed by atoms with Crippen LogP contribution in [0.1, 0.15) is 25.3 Å². The molecule has 0 aliphatic carbocycles. The van der Waals surface area contributed by atoms with Crippen molar-refractivity contribution in [3.05, 3.63) is 48.6 Å². The second-order valence-corrected chi connectivity index (χ2v) is 3.11. The molecule has 1 rings (SSSR count). The van der Waals surface area contributed by atoms with Crippen molar-refractivity contribution in [3.8, 4) is 0 Å². The Balaban J connectivity index is 0.000000292. The molecule has 2 nitrogen and oxygen atoms in total. The van der Waals surface area contributed by atoms with E-state index in [1.807, 2.05) is 6.07 Å². The minimum absolute atomic E-state index is 0.659. The molecule has 0 atom stereocenters. The monoisotopic (exact) mass is 192 g/mol. The number of aliphatic carboxylic acids is 1. The van der Waals surface area contributed by atoms with Gasteiger partial charge in [-0.2, -0.15) is 0 Å². The van der Waals surface area contributed by atoms with Gasteiger partial charge in [0, 0.05) is 6.08 Å². The molecule has 0 radical (unpaired) electrons. The quantitative estimate of drug-likeness (QED) is 0.731. The summed E-state index contributed by atoms with van der Waals surface area (Å²) < 4.78 is 0. The number of benzene rings is 1. The highest BCUT2D eigenvalue weighted by atomic mass is 16.4. The Morgan fingerprint density at radius 3 is 2.00 bits per heavy atom. The molecule has 0 aromatic heterocycles. The van der Waals surface area contributed by atoms with Crippen LogP contribution >= 0.6 is 0 Å². The summed E-state index contributed by atoms with van der Waals surface area (Å²) >= 11 is 0. The first-order valence-electron chi connectivity index (χ1n) is 4.48. The summed E-state index contributed by atoms with van der Waals surface area (Å²) in [5, 5.41) is 7.60. The molecule has 0 fully saturated rings. The predicted molar refractivity (Wildman–Crippen MR) is 58.4 cm³/mol. The van der Waals surface area contributed by atoms with E-state index >= 15 is 0 Å². The molecule has 0 aliphatic rings. The zero-order chi connectivity index (χ0) is 11.0. The highest BCUT2D eigenvalue weighted by molar-refractivity contribution is 5.78. The van der Waals surface area contributed by atoms with Crippen molar-refractivity contribution in [2.75, 3.05) is 0 Å². The van der Waals surface area contributed by atoms with Gasteiger partial charge in [-0.1, -0.05) is 50.8 Å². The molecule has 1 aromatic rings. The molecule has 14 heavy (non-hydrogen) atoms. The molecule has 0 unspecified atom stereocenters. The van der Waals surface area contributed by atoms with Crippen molar-refractivity contribution >= 4 is 5.97 Å². The molecule has 1 N–H and O–H groups in total. The van der Waals surface area contributed by atoms with Crippen LogP contribution in [0.3, 0.4) is 0 Å². The van der Waals surface area contributed by atoms with E-state index in [4.69, 9.17) is 5.11 Å². The van der Waals surface area contributed by atoms with Gasteiger partial charge in [0.2, 0.25) is 0 Å². The van der Waals surface area contributed by atoms with Gasteiger partial charge in [-0.25, -0.2) is 4.79 Å². The van der Waals surface area contributed by atoms with Gasteiger partial charge in [-0.05, 0) is 11.5 Å². The third kappa shape index (κ3) is 6.00. The maximum atomic E-state index is 9.25. The third-order valence-corrected chi connectivity index (χ3v) is 1.64. The zero-order valence-electron chi connectivity index (χ0n) is 8.60. The zero-order valence-corrected chi connectivity index (χ0v) is 8.60. The number of carboxylic acids is 1. The Kier molecular flexibility index (Phi) is 6.12. The molecule has 0 spiro atoms. The minimum atomic E-state index is -0.981. The van der Waals surface area contributed by atoms with Gasteiger partial charge in [0.15, 0.2) is 0 Å². The van der Waals surface area contributed by atoms with Gasteiger partial charge in [-0.3, -0.25) is 0 Å². The molecular formula is C12H16O2. The molecular weight excluding hydrogens is 176 g/mol. The molecule has 2 heteroatoms. The molecule has 0 bridgehead atoms. The van der Waals surface area contributed by atoms with Crippen LogP contribution in [0.4, 0.5) is 0 Å². The Bertz CT molecular complexity index is 276. The van der Waals surface area contributed by atoms with E-state index in [-0.39, 0.29) is 0 Å². The van der Waals surface area contributed by atoms with Crippen molar-refractivity contribution in [1.82, 2.24) is 0 Å². The first kappa shape index (κ1) is 12.4. The van der Waals surface area contributed by atoms with Gasteiger partial charge < -0.3 is 5.11 Å². The van der Waals surface area contributed by atoms with Crippen molar-refractivity contribution < 1.29 is 9.90 Å². The summed E-state index contributed by atoms with van der Waals surface area (Å²) in [5.74, 6) is -0.323. The van der Waals surface area contributed by atoms with E-state index in [1.165, 1.54) is 5.56 Å². The van der Waals surface area contributed by atoms with Crippen LogP contribution < -0.4 is 0 Å². The van der Waals surface area contributed by atoms with Gasteiger partial charge in [0.1, 0.15) is 0 Å². The normalized spacial score (nSPS) is 8.79. The molecule has 0 heterocycles. The lowest BCUT2D eigenvalue weighted by Crippen LogP contribution is -1.83. The average Bonchev–Trinajstić information content (AvgIpc) is 2.20. The van der Waals surface area contributed by atoms with Gasteiger partial charge in [0.05, 0.1) is 0 Å². The molecule has 1 aromatic carbocycles. The van der Waals surface area contributed by atoms with Crippen molar-refractivity contribution in [1.29, 1.82) is 0 Å². The molecule has 0 saturated carbocycles. The smallest absolute Gasteiger partial charge is 0.327 e. The van der Waals surface area contributed by atoms with Crippen LogP contribution in [0.25, 0.3) is 0 Å². The maximum Gasteiger partial charge on any atom is 0.327 e. The molecule has 0 aliphatic heterocycles. The third-order valence-electron chi connectivity index (χ3n) is 1.64. The van der Waals surface area contributed by atoms with E-state index in [0.29, 0.717) is 5.92 Å². The van der Waals surface area contributed by atoms with Crippen molar-refractivity contribution in [3.63, 3.8) is 0 Å². The minimum Gasteiger partial charge on any atom is -0.478 e. The van der Waals surface area contributed by atoms with E-state index in [2.05, 4.69) is 44.7 Å². The number of rotatable bonds is 2. The fourth-order valence-electron chi connectivity index (χ4n) is 0.838. The lowest BCUT2D eigenvalue weighted by Gasteiger charge is -2.01. The number of hydrogen-bond donors (Lipinski definition) is 1. The van der Waals surface area contributed by atoms with E-state index in [9.17, 15) is 4.79 Å². The lowest BCUT2D eigenvalue weighted by atomic mass is 10.0. The summed E-state index contributed by atoms with van der Waals surface area (Å²) in [7, 11) is 0. The lowest BCUT2D eigenvalue weighted by molar-refractivity contribution is -0.131. The second kappa shape index (κ2) is 6.89. The number of carboxylic acid groups (broad SMARTS) is 1. The van der Waals surface area contributed by atoms with Crippen molar-refractivity contribution in [2.45, 2.75) is 19.8 Å². The van der Waals surface area contributed by atoms with Crippen LogP contribution in [-0.2, 0) is 4.79 Å². The Morgan fingerprint density at radius 1 is 1.36 bits per heavy atom. The van der Waals surface area contributed by atoms with Gasteiger partial charge >= 0.3 is 5.97 Å². The van der Waals surface area contributed by atoms with E-state index in [0.717, 1.165) is 6.08 Å². The van der Waals surface area contributed by atoms with Gasteiger partial charge in [-0.15, -0.1) is 0 Å². The fourth-order valence-corrected chi connectivity index (χ4v) is 0.838. The first-order chi connectivity index (χ1) is 6.57. The summed E-state index contributed by atoms with van der Waals surface area (Å²) in [6, 6.07) is 10.5. The SMILES string of the molecule is C=CC(=O)O.CC(C)c1ccccc1. The van der Waals surface area contributed by atoms with Crippen LogP contribution in [0.2, 0.25) is 0 Å². The highest BCUT2D eigenvalue weighted by Gasteiger charge is 1.93. The van der Waals surface area contributed by atoms with E-state index < -0.39 is 5.97 Å². The predicted octanol–water partition coefficient (Wildman–Crippen LogP) is 3.07. The van der Waals surface area contributed by atoms with Crippen LogP contribution in [0.15, 0.2) is 43.0 Å². The summed E-state index contributed by atoms with van der Waals surface area (Å²) in [4.78, 5) is 9.25. The highest BCUT2D eigenvalue weighted by Crippen LogP contribution is 2.11. The summed E-state index contributed by atoms with van der Waals surface area (Å²) in [6.07, 6.45) is 0.833. The number of hydrogen-bond acceptors (Lipinski definition) is 1. The fraction of sp³-hybridized carbons (Fsp3) is 0.250. The standard InChI is InChI=1S/C9H12.C3H4O2/c1-8(2)9-6-4-3-5-7-9;1-2-3(4)5/h3-8H,1-2H3;2H,1H2,(H,4,5). The molecule has 0 saturated heterocycles. The summed E-state index contributed by atoms with van der Waals surface area (Å²) in [6.45, 7) is 7.37. The number of carbonyl (C=O) groups is 1. The van der Waals surface area contributed by atoms with Crippen LogP contribution in [-0.4, -0.2) is 11.1 Å². The van der Waals surface area contributed by atoms with Crippen LogP contribution in [0, 0.1) is 0 Å². The largest absolute Gasteiger partial charge is 0.478 e. The Hall–Kier alpha value is -1.57. The first-order valence-corrected chi connectivity index (χ1v) is 4.48. The Labute approximate surface area is 84.9 Å². The van der Waals surface area contributed by atoms with Crippen LogP contribution in [0.5, 0.6) is 0 Å². The second-order valence-electron chi connectivity index (χ2n) is 3.11. The van der Waals surface area contributed by atoms with E-state index in [1.54, 1.807) is 0 Å². The maximum absolute atomic E-state index is 9.25. The average molecular weight is 192 g/mol. The summed E-state index contributed by atoms with van der Waals surface area (Å²) in [5.41, 5.74) is 1.41.